The van der Waals surface area contributed by atoms with Crippen LogP contribution in [0.25, 0.3) is 11.1 Å². The number of amides is 1. The summed E-state index contributed by atoms with van der Waals surface area (Å²) in [5.41, 5.74) is 4.24. The molecule has 7 heteroatoms. The standard InChI is InChI=1S/C28H28FN3O2S/c1-4-32(12-10-20-7-5-6-11-30-20)16-21-13-18(17-35-21)23-15-25(34-28(23,2)3)26-22-9-8-19(29)14-24(22)31-27(26)33/h5-9,11,13-15,17H,4,10,12,16H2,1-3H3,(H,31,33). The van der Waals surface area contributed by atoms with Gasteiger partial charge < -0.3 is 10.1 Å². The highest BCUT2D eigenvalue weighted by Crippen LogP contribution is 2.45. The summed E-state index contributed by atoms with van der Waals surface area (Å²) in [7, 11) is 0. The van der Waals surface area contributed by atoms with E-state index in [9.17, 15) is 9.18 Å². The maximum absolute atomic E-state index is 13.6. The largest absolute Gasteiger partial charge is 0.482 e. The Labute approximate surface area is 209 Å². The molecule has 0 bridgehead atoms. The zero-order chi connectivity index (χ0) is 24.6. The maximum atomic E-state index is 13.6. The molecule has 0 spiro atoms. The molecule has 2 aromatic heterocycles. The van der Waals surface area contributed by atoms with E-state index in [4.69, 9.17) is 4.74 Å². The lowest BCUT2D eigenvalue weighted by Gasteiger charge is -2.23. The number of aromatic nitrogens is 1. The number of benzene rings is 1. The van der Waals surface area contributed by atoms with Gasteiger partial charge in [-0.3, -0.25) is 14.7 Å². The zero-order valence-electron chi connectivity index (χ0n) is 20.1. The van der Waals surface area contributed by atoms with Crippen LogP contribution in [-0.4, -0.2) is 34.5 Å². The molecule has 1 amide bonds. The summed E-state index contributed by atoms with van der Waals surface area (Å²) in [6.45, 7) is 8.98. The Bertz CT molecular complexity index is 1330. The Hall–Kier alpha value is -3.29. The van der Waals surface area contributed by atoms with Crippen LogP contribution in [0.3, 0.4) is 0 Å². The first-order valence-corrected chi connectivity index (χ1v) is 12.7. The fourth-order valence-electron chi connectivity index (χ4n) is 4.60. The molecule has 0 saturated heterocycles. The van der Waals surface area contributed by atoms with Gasteiger partial charge in [-0.05, 0) is 73.8 Å². The number of fused-ring (bicyclic) bond motifs is 1. The summed E-state index contributed by atoms with van der Waals surface area (Å²) < 4.78 is 19.9. The van der Waals surface area contributed by atoms with Crippen molar-refractivity contribution in [3.63, 3.8) is 0 Å². The average Bonchev–Trinajstić information content (AvgIpc) is 3.51. The molecule has 0 unspecified atom stereocenters. The van der Waals surface area contributed by atoms with Gasteiger partial charge in [0.25, 0.3) is 5.91 Å². The Balaban J connectivity index is 1.37. The van der Waals surface area contributed by atoms with E-state index in [0.29, 0.717) is 22.6 Å². The van der Waals surface area contributed by atoms with Crippen molar-refractivity contribution >= 4 is 34.1 Å². The summed E-state index contributed by atoms with van der Waals surface area (Å²) in [4.78, 5) is 20.8. The van der Waals surface area contributed by atoms with Crippen LogP contribution in [0.2, 0.25) is 0 Å². The number of likely N-dealkylation sites (N-methyl/N-ethyl adjacent to an activating group) is 1. The number of halogens is 1. The van der Waals surface area contributed by atoms with Crippen molar-refractivity contribution in [3.8, 4) is 0 Å². The minimum absolute atomic E-state index is 0.272. The van der Waals surface area contributed by atoms with Crippen molar-refractivity contribution in [1.29, 1.82) is 0 Å². The first kappa shape index (κ1) is 23.5. The summed E-state index contributed by atoms with van der Waals surface area (Å²) in [6.07, 6.45) is 4.72. The van der Waals surface area contributed by atoms with E-state index in [2.05, 4.69) is 39.6 Å². The van der Waals surface area contributed by atoms with Crippen LogP contribution in [0.4, 0.5) is 10.1 Å². The van der Waals surface area contributed by atoms with Crippen LogP contribution in [0.5, 0.6) is 0 Å². The van der Waals surface area contributed by atoms with Gasteiger partial charge in [0.05, 0.1) is 11.3 Å². The SMILES string of the molecule is CCN(CCc1ccccn1)Cc1cc(C2=CC(=C3C(=O)Nc4cc(F)ccc43)OC2(C)C)cs1. The summed E-state index contributed by atoms with van der Waals surface area (Å²) >= 11 is 1.74. The molecule has 180 valence electrons. The summed E-state index contributed by atoms with van der Waals surface area (Å²) in [5.74, 6) is -0.135. The van der Waals surface area contributed by atoms with Gasteiger partial charge in [0.15, 0.2) is 0 Å². The molecule has 0 fully saturated rings. The molecule has 2 aliphatic heterocycles. The Morgan fingerprint density at radius 2 is 2.06 bits per heavy atom. The molecule has 1 N–H and O–H groups in total. The van der Waals surface area contributed by atoms with E-state index in [1.165, 1.54) is 17.0 Å². The number of hydrogen-bond acceptors (Lipinski definition) is 5. The molecule has 35 heavy (non-hydrogen) atoms. The third-order valence-electron chi connectivity index (χ3n) is 6.46. The van der Waals surface area contributed by atoms with Gasteiger partial charge in [-0.1, -0.05) is 13.0 Å². The van der Waals surface area contributed by atoms with Crippen molar-refractivity contribution in [1.82, 2.24) is 9.88 Å². The number of carbonyl (C=O) groups excluding carboxylic acids is 1. The number of anilines is 1. The number of thiophene rings is 1. The van der Waals surface area contributed by atoms with Crippen LogP contribution in [-0.2, 0) is 22.5 Å². The highest BCUT2D eigenvalue weighted by molar-refractivity contribution is 7.10. The van der Waals surface area contributed by atoms with Crippen molar-refractivity contribution in [3.05, 3.63) is 93.4 Å². The molecule has 3 aromatic rings. The number of ether oxygens (including phenoxy) is 1. The minimum atomic E-state index is -0.590. The van der Waals surface area contributed by atoms with Gasteiger partial charge in [0.1, 0.15) is 17.2 Å². The molecule has 2 aliphatic rings. The molecule has 5 nitrogen and oxygen atoms in total. The Morgan fingerprint density at radius 1 is 1.20 bits per heavy atom. The van der Waals surface area contributed by atoms with E-state index in [1.54, 1.807) is 17.4 Å². The number of allylic oxidation sites excluding steroid dienone is 1. The molecule has 1 aromatic carbocycles. The number of nitrogens with zero attached hydrogens (tertiary/aromatic N) is 2. The number of nitrogens with one attached hydrogen (secondary N) is 1. The van der Waals surface area contributed by atoms with E-state index in [-0.39, 0.29) is 11.7 Å². The second-order valence-electron chi connectivity index (χ2n) is 9.30. The second kappa shape index (κ2) is 9.40. The van der Waals surface area contributed by atoms with Crippen molar-refractivity contribution in [2.75, 3.05) is 18.4 Å². The van der Waals surface area contributed by atoms with Crippen molar-refractivity contribution < 1.29 is 13.9 Å². The third-order valence-corrected chi connectivity index (χ3v) is 7.39. The normalized spacial score (nSPS) is 18.4. The molecule has 0 saturated carbocycles. The van der Waals surface area contributed by atoms with Crippen LogP contribution in [0.1, 0.15) is 42.5 Å². The quantitative estimate of drug-likeness (QED) is 0.420. The molecular weight excluding hydrogens is 461 g/mol. The van der Waals surface area contributed by atoms with Gasteiger partial charge in [0, 0.05) is 47.4 Å². The number of carbonyl (C=O) groups is 1. The first-order valence-electron chi connectivity index (χ1n) is 11.8. The predicted octanol–water partition coefficient (Wildman–Crippen LogP) is 5.90. The lowest BCUT2D eigenvalue weighted by molar-refractivity contribution is -0.111. The average molecular weight is 490 g/mol. The minimum Gasteiger partial charge on any atom is -0.482 e. The molecular formula is C28H28FN3O2S. The number of pyridine rings is 1. The molecule has 0 aliphatic carbocycles. The first-order chi connectivity index (χ1) is 16.8. The van der Waals surface area contributed by atoms with Crippen LogP contribution in [0.15, 0.2) is 65.9 Å². The van der Waals surface area contributed by atoms with E-state index in [1.807, 2.05) is 38.3 Å². The van der Waals surface area contributed by atoms with E-state index < -0.39 is 5.60 Å². The molecule has 0 atom stereocenters. The topological polar surface area (TPSA) is 54.5 Å². The van der Waals surface area contributed by atoms with Gasteiger partial charge in [-0.2, -0.15) is 0 Å². The van der Waals surface area contributed by atoms with Gasteiger partial charge >= 0.3 is 0 Å². The monoisotopic (exact) mass is 489 g/mol. The van der Waals surface area contributed by atoms with Gasteiger partial charge in [-0.25, -0.2) is 4.39 Å². The van der Waals surface area contributed by atoms with Crippen LogP contribution >= 0.6 is 11.3 Å². The number of rotatable bonds is 7. The molecule has 4 heterocycles. The predicted molar refractivity (Wildman–Crippen MR) is 138 cm³/mol. The van der Waals surface area contributed by atoms with Gasteiger partial charge in [0.2, 0.25) is 0 Å². The van der Waals surface area contributed by atoms with Crippen LogP contribution < -0.4 is 5.32 Å². The number of hydrogen-bond donors (Lipinski definition) is 1. The Kier molecular flexibility index (Phi) is 6.30. The third kappa shape index (κ3) is 4.79. The highest BCUT2D eigenvalue weighted by Gasteiger charge is 2.38. The lowest BCUT2D eigenvalue weighted by atomic mass is 9.94. The fourth-order valence-corrected chi connectivity index (χ4v) is 5.53. The summed E-state index contributed by atoms with van der Waals surface area (Å²) in [5, 5.41) is 4.91. The van der Waals surface area contributed by atoms with Crippen molar-refractivity contribution in [2.24, 2.45) is 0 Å². The maximum Gasteiger partial charge on any atom is 0.260 e. The second-order valence-corrected chi connectivity index (χ2v) is 10.3. The van der Waals surface area contributed by atoms with E-state index in [0.717, 1.165) is 42.9 Å². The summed E-state index contributed by atoms with van der Waals surface area (Å²) in [6, 6.07) is 12.6. The lowest BCUT2D eigenvalue weighted by Crippen LogP contribution is -2.25. The smallest absolute Gasteiger partial charge is 0.260 e. The van der Waals surface area contributed by atoms with Crippen molar-refractivity contribution in [2.45, 2.75) is 39.3 Å². The molecule has 0 radical (unpaired) electrons. The van der Waals surface area contributed by atoms with E-state index >= 15 is 0 Å². The highest BCUT2D eigenvalue weighted by atomic mass is 32.1. The fraction of sp³-hybridized carbons (Fsp3) is 0.286. The molecule has 5 rings (SSSR count). The van der Waals surface area contributed by atoms with Gasteiger partial charge in [-0.15, -0.1) is 11.3 Å². The zero-order valence-corrected chi connectivity index (χ0v) is 20.9. The van der Waals surface area contributed by atoms with Crippen LogP contribution in [0, 0.1) is 5.82 Å². The Morgan fingerprint density at radius 3 is 2.83 bits per heavy atom.